The first-order valence-corrected chi connectivity index (χ1v) is 14.5. The molecule has 6 heteroatoms. The van der Waals surface area contributed by atoms with Crippen molar-refractivity contribution in [3.05, 3.63) is 11.6 Å². The molecular formula is C32H50O6. The van der Waals surface area contributed by atoms with Gasteiger partial charge in [-0.15, -0.1) is 0 Å². The van der Waals surface area contributed by atoms with Crippen LogP contribution in [-0.2, 0) is 23.9 Å². The van der Waals surface area contributed by atoms with Gasteiger partial charge in [0.15, 0.2) is 0 Å². The quantitative estimate of drug-likeness (QED) is 0.310. The molecule has 38 heavy (non-hydrogen) atoms. The zero-order chi connectivity index (χ0) is 28.5. The molecule has 3 saturated carbocycles. The summed E-state index contributed by atoms with van der Waals surface area (Å²) in [6.07, 6.45) is 9.26. The minimum absolute atomic E-state index is 0.0418. The Labute approximate surface area is 229 Å². The number of hydrogen-bond acceptors (Lipinski definition) is 5. The fourth-order valence-electron chi connectivity index (χ4n) is 10.5. The Morgan fingerprint density at radius 1 is 0.921 bits per heavy atom. The lowest BCUT2D eigenvalue weighted by Crippen LogP contribution is -2.62. The van der Waals surface area contributed by atoms with Crippen LogP contribution in [0, 0.1) is 50.2 Å². The minimum atomic E-state index is -0.744. The maximum absolute atomic E-state index is 13.0. The lowest BCUT2D eigenvalue weighted by molar-refractivity contribution is -0.183. The highest BCUT2D eigenvalue weighted by atomic mass is 16.5. The molecule has 0 radical (unpaired) electrons. The monoisotopic (exact) mass is 530 g/mol. The van der Waals surface area contributed by atoms with Gasteiger partial charge in [-0.05, 0) is 105 Å². The smallest absolute Gasteiger partial charge is 0.311 e. The third kappa shape index (κ3) is 3.98. The number of carbonyl (C=O) groups is 3. The summed E-state index contributed by atoms with van der Waals surface area (Å²) in [5.74, 6) is -0.904. The molecule has 4 aliphatic carbocycles. The Hall–Kier alpha value is -1.85. The zero-order valence-electron chi connectivity index (χ0n) is 25.2. The third-order valence-corrected chi connectivity index (χ3v) is 12.4. The van der Waals surface area contributed by atoms with E-state index in [0.29, 0.717) is 6.42 Å². The van der Waals surface area contributed by atoms with E-state index in [-0.39, 0.29) is 52.4 Å². The van der Waals surface area contributed by atoms with Gasteiger partial charge in [-0.1, -0.05) is 46.3 Å². The van der Waals surface area contributed by atoms with Gasteiger partial charge in [-0.25, -0.2) is 0 Å². The Bertz CT molecular complexity index is 1040. The molecule has 0 aromatic heterocycles. The molecule has 0 spiro atoms. The van der Waals surface area contributed by atoms with Crippen LogP contribution >= 0.6 is 0 Å². The zero-order valence-corrected chi connectivity index (χ0v) is 25.2. The number of ether oxygens (including phenoxy) is 2. The number of carboxylic acids is 1. The molecule has 0 bridgehead atoms. The van der Waals surface area contributed by atoms with Crippen LogP contribution in [0.4, 0.5) is 0 Å². The summed E-state index contributed by atoms with van der Waals surface area (Å²) in [6, 6.07) is 0. The Balaban J connectivity index is 1.84. The number of fused-ring (bicyclic) bond motifs is 5. The number of carboxylic acid groups (broad SMARTS) is 1. The molecule has 0 saturated heterocycles. The normalized spacial score (nSPS) is 42.0. The lowest BCUT2D eigenvalue weighted by atomic mass is 9.35. The second-order valence-corrected chi connectivity index (χ2v) is 15.2. The van der Waals surface area contributed by atoms with E-state index in [0.717, 1.165) is 44.9 Å². The van der Waals surface area contributed by atoms with Gasteiger partial charge in [-0.3, -0.25) is 14.4 Å². The summed E-state index contributed by atoms with van der Waals surface area (Å²) in [7, 11) is 2.88. The van der Waals surface area contributed by atoms with Gasteiger partial charge in [0.1, 0.15) is 0 Å². The fraction of sp³-hybridized carbons (Fsp3) is 0.844. The summed E-state index contributed by atoms with van der Waals surface area (Å²) >= 11 is 0. The van der Waals surface area contributed by atoms with E-state index in [2.05, 4.69) is 40.7 Å². The van der Waals surface area contributed by atoms with Gasteiger partial charge < -0.3 is 14.6 Å². The highest BCUT2D eigenvalue weighted by Crippen LogP contribution is 2.74. The van der Waals surface area contributed by atoms with E-state index in [1.54, 1.807) is 0 Å². The van der Waals surface area contributed by atoms with Crippen LogP contribution in [0.25, 0.3) is 0 Å². The number of carbonyl (C=O) groups excluding carboxylic acids is 2. The van der Waals surface area contributed by atoms with Crippen LogP contribution < -0.4 is 0 Å². The molecule has 3 fully saturated rings. The van der Waals surface area contributed by atoms with E-state index < -0.39 is 22.2 Å². The molecule has 6 nitrogen and oxygen atoms in total. The number of allylic oxidation sites excluding steroid dienone is 2. The van der Waals surface area contributed by atoms with E-state index in [1.165, 1.54) is 19.8 Å². The summed E-state index contributed by atoms with van der Waals surface area (Å²) in [4.78, 5) is 38.8. The SMILES string of the molecule is COC(=O)C[C@]1(C)[C@H]2CC[C@]3(C)C(=CC[C@@]4(C(=O)O)CCC(C)(C)C[C@H]43)[C@]2(C)CC[C@H]1C(C)(C)C(=O)OC. The van der Waals surface area contributed by atoms with Crippen LogP contribution in [0.15, 0.2) is 11.6 Å². The Kier molecular flexibility index (Phi) is 6.97. The second kappa shape index (κ2) is 9.09. The second-order valence-electron chi connectivity index (χ2n) is 15.2. The first-order valence-electron chi connectivity index (χ1n) is 14.5. The van der Waals surface area contributed by atoms with Crippen molar-refractivity contribution in [3.8, 4) is 0 Å². The maximum Gasteiger partial charge on any atom is 0.311 e. The van der Waals surface area contributed by atoms with E-state index in [9.17, 15) is 19.5 Å². The molecule has 4 rings (SSSR count). The van der Waals surface area contributed by atoms with E-state index >= 15 is 0 Å². The molecule has 0 aromatic carbocycles. The first kappa shape index (κ1) is 29.1. The molecule has 0 aliphatic heterocycles. The third-order valence-electron chi connectivity index (χ3n) is 12.4. The van der Waals surface area contributed by atoms with Crippen molar-refractivity contribution < 1.29 is 29.0 Å². The van der Waals surface area contributed by atoms with Crippen LogP contribution in [0.1, 0.15) is 106 Å². The highest BCUT2D eigenvalue weighted by molar-refractivity contribution is 5.77. The highest BCUT2D eigenvalue weighted by Gasteiger charge is 2.68. The summed E-state index contributed by atoms with van der Waals surface area (Å²) < 4.78 is 10.4. The first-order chi connectivity index (χ1) is 17.4. The molecule has 0 aromatic rings. The van der Waals surface area contributed by atoms with Gasteiger partial charge in [0, 0.05) is 0 Å². The number of rotatable bonds is 5. The van der Waals surface area contributed by atoms with Crippen LogP contribution in [0.5, 0.6) is 0 Å². The minimum Gasteiger partial charge on any atom is -0.481 e. The predicted octanol–water partition coefficient (Wildman–Crippen LogP) is 6.82. The molecule has 214 valence electrons. The van der Waals surface area contributed by atoms with Gasteiger partial charge in [0.25, 0.3) is 0 Å². The summed E-state index contributed by atoms with van der Waals surface area (Å²) in [6.45, 7) is 15.4. The number of hydrogen-bond donors (Lipinski definition) is 1. The van der Waals surface area contributed by atoms with Crippen molar-refractivity contribution >= 4 is 17.9 Å². The number of methoxy groups -OCH3 is 2. The van der Waals surface area contributed by atoms with Gasteiger partial charge >= 0.3 is 17.9 Å². The molecule has 1 N–H and O–H groups in total. The van der Waals surface area contributed by atoms with E-state index in [1.807, 2.05) is 13.8 Å². The van der Waals surface area contributed by atoms with E-state index in [4.69, 9.17) is 9.47 Å². The van der Waals surface area contributed by atoms with Crippen molar-refractivity contribution in [2.24, 2.45) is 50.2 Å². The summed E-state index contributed by atoms with van der Waals surface area (Å²) in [5, 5.41) is 10.6. The van der Waals surface area contributed by atoms with Crippen molar-refractivity contribution in [2.45, 2.75) is 106 Å². The van der Waals surface area contributed by atoms with Gasteiger partial charge in [-0.2, -0.15) is 0 Å². The predicted molar refractivity (Wildman–Crippen MR) is 146 cm³/mol. The van der Waals surface area contributed by atoms with Crippen molar-refractivity contribution in [3.63, 3.8) is 0 Å². The number of esters is 2. The van der Waals surface area contributed by atoms with Gasteiger partial charge in [0.2, 0.25) is 0 Å². The topological polar surface area (TPSA) is 89.9 Å². The van der Waals surface area contributed by atoms with Crippen molar-refractivity contribution in [2.75, 3.05) is 14.2 Å². The molecule has 0 heterocycles. The van der Waals surface area contributed by atoms with Crippen LogP contribution in [-0.4, -0.2) is 37.2 Å². The maximum atomic E-state index is 13.0. The lowest BCUT2D eigenvalue weighted by Gasteiger charge is -2.68. The van der Waals surface area contributed by atoms with Gasteiger partial charge in [0.05, 0.1) is 31.5 Å². The van der Waals surface area contributed by atoms with Crippen molar-refractivity contribution in [1.82, 2.24) is 0 Å². The Morgan fingerprint density at radius 3 is 2.11 bits per heavy atom. The summed E-state index contributed by atoms with van der Waals surface area (Å²) in [5.41, 5.74) is -0.753. The average molecular weight is 531 g/mol. The van der Waals surface area contributed by atoms with Crippen molar-refractivity contribution in [1.29, 1.82) is 0 Å². The molecule has 0 amide bonds. The average Bonchev–Trinajstić information content (AvgIpc) is 2.82. The van der Waals surface area contributed by atoms with Crippen LogP contribution in [0.2, 0.25) is 0 Å². The molecule has 0 unspecified atom stereocenters. The molecule has 7 atom stereocenters. The van der Waals surface area contributed by atoms with Crippen LogP contribution in [0.3, 0.4) is 0 Å². The standard InChI is InChI=1S/C32H50O6/c1-27(2)16-17-32(25(34)35)15-12-21-29(5)13-10-20(28(3,4)26(36)38-9)31(7,19-24(33)37-8)22(29)11-14-30(21,6)23(32)18-27/h12,20,22-23H,10-11,13-19H2,1-9H3,(H,34,35)/t20-,22-,23-,29-,30+,31-,32+/m0/s1. The molecular weight excluding hydrogens is 480 g/mol. The number of aliphatic carboxylic acids is 1. The fourth-order valence-corrected chi connectivity index (χ4v) is 10.5. The largest absolute Gasteiger partial charge is 0.481 e. The molecule has 4 aliphatic rings. The Morgan fingerprint density at radius 2 is 1.53 bits per heavy atom.